The van der Waals surface area contributed by atoms with Crippen molar-refractivity contribution in [2.24, 2.45) is 0 Å². The molecule has 0 aromatic carbocycles. The number of nitrogens with zero attached hydrogens (tertiary/aromatic N) is 5. The standard InChI is InChI=1S/C21H29N5O2S/c1-16-18-9-7-13-25(15-11-17-8-3-5-12-22-17)21(18)24-20(23-16)19-10-4-6-14-26(19)29(2,27)28/h3,5,8,12,19H,4,6-7,9-11,13-15H2,1-2H3. The molecule has 8 heteroatoms. The van der Waals surface area contributed by atoms with Gasteiger partial charge in [0.25, 0.3) is 0 Å². The highest BCUT2D eigenvalue weighted by Gasteiger charge is 2.34. The zero-order valence-corrected chi connectivity index (χ0v) is 18.0. The lowest BCUT2D eigenvalue weighted by Crippen LogP contribution is -2.39. The summed E-state index contributed by atoms with van der Waals surface area (Å²) in [5, 5.41) is 0. The van der Waals surface area contributed by atoms with Gasteiger partial charge in [0, 0.05) is 49.2 Å². The lowest BCUT2D eigenvalue weighted by atomic mass is 10.0. The van der Waals surface area contributed by atoms with E-state index in [1.54, 1.807) is 4.31 Å². The molecule has 1 unspecified atom stereocenters. The van der Waals surface area contributed by atoms with Crippen molar-refractivity contribution in [3.05, 3.63) is 47.2 Å². The van der Waals surface area contributed by atoms with Gasteiger partial charge in [0.1, 0.15) is 11.6 Å². The van der Waals surface area contributed by atoms with Crippen LogP contribution in [0.4, 0.5) is 5.82 Å². The number of fused-ring (bicyclic) bond motifs is 1. The van der Waals surface area contributed by atoms with Crippen molar-refractivity contribution in [3.8, 4) is 0 Å². The maximum atomic E-state index is 12.3. The number of pyridine rings is 1. The van der Waals surface area contributed by atoms with Crippen molar-refractivity contribution >= 4 is 15.8 Å². The normalized spacial score (nSPS) is 20.5. The minimum Gasteiger partial charge on any atom is -0.356 e. The van der Waals surface area contributed by atoms with Gasteiger partial charge in [0.2, 0.25) is 10.0 Å². The number of piperidine rings is 1. The average Bonchev–Trinajstić information content (AvgIpc) is 2.72. The third-order valence-corrected chi connectivity index (χ3v) is 7.19. The Morgan fingerprint density at radius 3 is 2.76 bits per heavy atom. The molecule has 0 radical (unpaired) electrons. The molecule has 4 rings (SSSR count). The van der Waals surface area contributed by atoms with Gasteiger partial charge in [-0.1, -0.05) is 12.5 Å². The Bertz CT molecular complexity index is 965. The maximum absolute atomic E-state index is 12.3. The van der Waals surface area contributed by atoms with Crippen LogP contribution in [0, 0.1) is 6.92 Å². The van der Waals surface area contributed by atoms with Crippen molar-refractivity contribution in [1.82, 2.24) is 19.3 Å². The fourth-order valence-corrected chi connectivity index (χ4v) is 5.55. The molecule has 2 aliphatic rings. The highest BCUT2D eigenvalue weighted by Crippen LogP contribution is 2.34. The summed E-state index contributed by atoms with van der Waals surface area (Å²) in [6.07, 6.45) is 8.70. The van der Waals surface area contributed by atoms with Crippen molar-refractivity contribution in [2.45, 2.75) is 51.5 Å². The first-order valence-electron chi connectivity index (χ1n) is 10.4. The van der Waals surface area contributed by atoms with Gasteiger partial charge >= 0.3 is 0 Å². The second-order valence-electron chi connectivity index (χ2n) is 8.02. The van der Waals surface area contributed by atoms with E-state index in [1.807, 2.05) is 31.3 Å². The number of aromatic nitrogens is 3. The van der Waals surface area contributed by atoms with Crippen LogP contribution in [0.15, 0.2) is 24.4 Å². The van der Waals surface area contributed by atoms with E-state index in [0.717, 1.165) is 68.8 Å². The largest absolute Gasteiger partial charge is 0.356 e. The Morgan fingerprint density at radius 2 is 2.00 bits per heavy atom. The highest BCUT2D eigenvalue weighted by molar-refractivity contribution is 7.88. The first-order chi connectivity index (χ1) is 13.9. The van der Waals surface area contributed by atoms with Gasteiger partial charge in [-0.15, -0.1) is 0 Å². The maximum Gasteiger partial charge on any atom is 0.211 e. The summed E-state index contributed by atoms with van der Waals surface area (Å²) in [4.78, 5) is 16.5. The fourth-order valence-electron chi connectivity index (χ4n) is 4.43. The molecule has 1 saturated heterocycles. The Labute approximate surface area is 173 Å². The third-order valence-electron chi connectivity index (χ3n) is 5.91. The molecule has 0 amide bonds. The van der Waals surface area contributed by atoms with Crippen LogP contribution in [0.25, 0.3) is 0 Å². The minimum atomic E-state index is -3.29. The molecule has 156 valence electrons. The van der Waals surface area contributed by atoms with Crippen LogP contribution in [0.2, 0.25) is 0 Å². The molecule has 0 aliphatic carbocycles. The fraction of sp³-hybridized carbons (Fsp3) is 0.571. The summed E-state index contributed by atoms with van der Waals surface area (Å²) in [5.74, 6) is 1.63. The topological polar surface area (TPSA) is 79.3 Å². The first kappa shape index (κ1) is 20.2. The van der Waals surface area contributed by atoms with Gasteiger partial charge in [-0.3, -0.25) is 4.98 Å². The molecule has 2 aromatic rings. The van der Waals surface area contributed by atoms with E-state index < -0.39 is 10.0 Å². The molecule has 1 atom stereocenters. The van der Waals surface area contributed by atoms with Crippen LogP contribution < -0.4 is 4.90 Å². The Kier molecular flexibility index (Phi) is 5.83. The SMILES string of the molecule is Cc1nc(C2CCCCN2S(C)(=O)=O)nc2c1CCCN2CCc1ccccn1. The Balaban J connectivity index is 1.64. The summed E-state index contributed by atoms with van der Waals surface area (Å²) < 4.78 is 26.2. The summed E-state index contributed by atoms with van der Waals surface area (Å²) in [6, 6.07) is 5.73. The van der Waals surface area contributed by atoms with Gasteiger partial charge in [0.15, 0.2) is 0 Å². The summed E-state index contributed by atoms with van der Waals surface area (Å²) in [7, 11) is -3.29. The van der Waals surface area contributed by atoms with Crippen molar-refractivity contribution < 1.29 is 8.42 Å². The Hall–Kier alpha value is -2.06. The number of aryl methyl sites for hydroxylation is 1. The van der Waals surface area contributed by atoms with E-state index in [4.69, 9.17) is 9.97 Å². The van der Waals surface area contributed by atoms with Crippen molar-refractivity contribution in [3.63, 3.8) is 0 Å². The van der Waals surface area contributed by atoms with Crippen LogP contribution in [-0.2, 0) is 22.9 Å². The second-order valence-corrected chi connectivity index (χ2v) is 9.95. The zero-order valence-electron chi connectivity index (χ0n) is 17.2. The van der Waals surface area contributed by atoms with Crippen LogP contribution in [-0.4, -0.2) is 53.6 Å². The van der Waals surface area contributed by atoms with Crippen LogP contribution in [0.3, 0.4) is 0 Å². The molecule has 0 saturated carbocycles. The monoisotopic (exact) mass is 415 g/mol. The van der Waals surface area contributed by atoms with Crippen LogP contribution in [0.1, 0.15) is 54.5 Å². The van der Waals surface area contributed by atoms with E-state index in [9.17, 15) is 8.42 Å². The zero-order chi connectivity index (χ0) is 20.4. The van der Waals surface area contributed by atoms with Gasteiger partial charge in [-0.2, -0.15) is 4.31 Å². The van der Waals surface area contributed by atoms with Crippen LogP contribution in [0.5, 0.6) is 0 Å². The smallest absolute Gasteiger partial charge is 0.211 e. The predicted octanol–water partition coefficient (Wildman–Crippen LogP) is 2.66. The van der Waals surface area contributed by atoms with Crippen molar-refractivity contribution in [2.75, 3.05) is 30.8 Å². The number of rotatable bonds is 5. The first-order valence-corrected chi connectivity index (χ1v) is 12.3. The summed E-state index contributed by atoms with van der Waals surface area (Å²) in [6.45, 7) is 4.38. The molecular weight excluding hydrogens is 386 g/mol. The number of hydrogen-bond acceptors (Lipinski definition) is 6. The molecule has 7 nitrogen and oxygen atoms in total. The average molecular weight is 416 g/mol. The van der Waals surface area contributed by atoms with Crippen molar-refractivity contribution in [1.29, 1.82) is 0 Å². The summed E-state index contributed by atoms with van der Waals surface area (Å²) in [5.41, 5.74) is 3.25. The van der Waals surface area contributed by atoms with Gasteiger partial charge in [-0.25, -0.2) is 18.4 Å². The molecule has 29 heavy (non-hydrogen) atoms. The van der Waals surface area contributed by atoms with Gasteiger partial charge < -0.3 is 4.90 Å². The van der Waals surface area contributed by atoms with E-state index in [-0.39, 0.29) is 6.04 Å². The van der Waals surface area contributed by atoms with Gasteiger partial charge in [-0.05, 0) is 44.7 Å². The molecule has 4 heterocycles. The van der Waals surface area contributed by atoms with E-state index in [0.29, 0.717) is 12.4 Å². The molecule has 2 aromatic heterocycles. The summed E-state index contributed by atoms with van der Waals surface area (Å²) >= 11 is 0. The quantitative estimate of drug-likeness (QED) is 0.747. The van der Waals surface area contributed by atoms with E-state index >= 15 is 0 Å². The Morgan fingerprint density at radius 1 is 1.14 bits per heavy atom. The third kappa shape index (κ3) is 4.43. The molecule has 0 N–H and O–H groups in total. The molecular formula is C21H29N5O2S. The number of sulfonamides is 1. The predicted molar refractivity (Wildman–Crippen MR) is 113 cm³/mol. The number of anilines is 1. The number of hydrogen-bond donors (Lipinski definition) is 0. The van der Waals surface area contributed by atoms with Crippen LogP contribution >= 0.6 is 0 Å². The molecule has 1 fully saturated rings. The molecule has 0 bridgehead atoms. The minimum absolute atomic E-state index is 0.262. The van der Waals surface area contributed by atoms with Gasteiger partial charge in [0.05, 0.1) is 12.3 Å². The lowest BCUT2D eigenvalue weighted by Gasteiger charge is -2.35. The highest BCUT2D eigenvalue weighted by atomic mass is 32.2. The molecule has 2 aliphatic heterocycles. The second kappa shape index (κ2) is 8.36. The van der Waals surface area contributed by atoms with E-state index in [1.165, 1.54) is 11.8 Å². The van der Waals surface area contributed by atoms with E-state index in [2.05, 4.69) is 9.88 Å². The molecule has 0 spiro atoms. The lowest BCUT2D eigenvalue weighted by molar-refractivity contribution is 0.247.